The summed E-state index contributed by atoms with van der Waals surface area (Å²) in [6.45, 7) is 3.43. The van der Waals surface area contributed by atoms with Gasteiger partial charge in [-0.1, -0.05) is 29.3 Å². The number of aromatic carboxylic acids is 1. The average molecular weight is 279 g/mol. The van der Waals surface area contributed by atoms with Crippen molar-refractivity contribution in [2.75, 3.05) is 0 Å². The van der Waals surface area contributed by atoms with E-state index in [2.05, 4.69) is 0 Å². The van der Waals surface area contributed by atoms with E-state index in [0.717, 1.165) is 5.56 Å². The maximum Gasteiger partial charge on any atom is 0.336 e. The molecular formula is C15H12ClFO2. The minimum absolute atomic E-state index is 0.160. The van der Waals surface area contributed by atoms with Crippen LogP contribution in [0.4, 0.5) is 4.39 Å². The molecule has 0 heterocycles. The van der Waals surface area contributed by atoms with E-state index < -0.39 is 11.8 Å². The van der Waals surface area contributed by atoms with Crippen molar-refractivity contribution in [1.82, 2.24) is 0 Å². The van der Waals surface area contributed by atoms with E-state index in [0.29, 0.717) is 16.7 Å². The standard InChI is InChI=1S/C15H12ClFO2/c1-8-3-4-10(12(5-8)15(18)19)11-6-9(2)14(17)7-13(11)16/h3-7H,1-2H3,(H,18,19). The molecule has 0 amide bonds. The number of hydrogen-bond donors (Lipinski definition) is 1. The second-order valence-corrected chi connectivity index (χ2v) is 4.84. The summed E-state index contributed by atoms with van der Waals surface area (Å²) in [7, 11) is 0. The highest BCUT2D eigenvalue weighted by molar-refractivity contribution is 6.33. The minimum atomic E-state index is -1.03. The first-order valence-corrected chi connectivity index (χ1v) is 6.08. The Hall–Kier alpha value is -1.87. The first kappa shape index (κ1) is 13.6. The lowest BCUT2D eigenvalue weighted by molar-refractivity contribution is 0.0697. The van der Waals surface area contributed by atoms with E-state index in [1.54, 1.807) is 31.2 Å². The summed E-state index contributed by atoms with van der Waals surface area (Å²) in [6.07, 6.45) is 0. The average Bonchev–Trinajstić information content (AvgIpc) is 2.34. The zero-order valence-corrected chi connectivity index (χ0v) is 11.3. The van der Waals surface area contributed by atoms with Gasteiger partial charge in [0.15, 0.2) is 0 Å². The Kier molecular flexibility index (Phi) is 3.58. The van der Waals surface area contributed by atoms with Gasteiger partial charge < -0.3 is 5.11 Å². The number of hydrogen-bond acceptors (Lipinski definition) is 1. The van der Waals surface area contributed by atoms with Gasteiger partial charge in [-0.25, -0.2) is 9.18 Å². The highest BCUT2D eigenvalue weighted by Crippen LogP contribution is 2.33. The summed E-state index contributed by atoms with van der Waals surface area (Å²) in [5.41, 5.74) is 2.45. The van der Waals surface area contributed by atoms with Crippen molar-refractivity contribution >= 4 is 17.6 Å². The van der Waals surface area contributed by atoms with Gasteiger partial charge in [0.1, 0.15) is 5.82 Å². The summed E-state index contributed by atoms with van der Waals surface area (Å²) in [4.78, 5) is 11.3. The molecule has 0 saturated heterocycles. The lowest BCUT2D eigenvalue weighted by Crippen LogP contribution is -2.01. The summed E-state index contributed by atoms with van der Waals surface area (Å²) >= 11 is 6.02. The lowest BCUT2D eigenvalue weighted by Gasteiger charge is -2.11. The zero-order chi connectivity index (χ0) is 14.2. The molecule has 98 valence electrons. The number of halogens is 2. The number of aryl methyl sites for hydroxylation is 2. The van der Waals surface area contributed by atoms with E-state index in [1.807, 2.05) is 6.92 Å². The van der Waals surface area contributed by atoms with Crippen LogP contribution in [0.1, 0.15) is 21.5 Å². The molecule has 0 atom stereocenters. The molecule has 0 fully saturated rings. The van der Waals surface area contributed by atoms with Crippen LogP contribution in [0.2, 0.25) is 5.02 Å². The summed E-state index contributed by atoms with van der Waals surface area (Å²) < 4.78 is 13.4. The number of carbonyl (C=O) groups is 1. The number of carboxylic acid groups (broad SMARTS) is 1. The summed E-state index contributed by atoms with van der Waals surface area (Å²) in [6, 6.07) is 7.84. The maximum absolute atomic E-state index is 13.4. The highest BCUT2D eigenvalue weighted by atomic mass is 35.5. The highest BCUT2D eigenvalue weighted by Gasteiger charge is 2.15. The third kappa shape index (κ3) is 2.61. The van der Waals surface area contributed by atoms with E-state index in [-0.39, 0.29) is 10.6 Å². The molecule has 0 saturated carbocycles. The molecule has 0 unspecified atom stereocenters. The molecule has 0 aliphatic rings. The molecule has 0 aliphatic carbocycles. The molecular weight excluding hydrogens is 267 g/mol. The van der Waals surface area contributed by atoms with Crippen LogP contribution in [-0.2, 0) is 0 Å². The van der Waals surface area contributed by atoms with Gasteiger partial charge in [-0.05, 0) is 43.2 Å². The second kappa shape index (κ2) is 5.02. The van der Waals surface area contributed by atoms with Crippen molar-refractivity contribution in [3.05, 3.63) is 57.9 Å². The van der Waals surface area contributed by atoms with Crippen molar-refractivity contribution in [1.29, 1.82) is 0 Å². The van der Waals surface area contributed by atoms with Crippen molar-refractivity contribution in [2.24, 2.45) is 0 Å². The van der Waals surface area contributed by atoms with E-state index in [1.165, 1.54) is 6.07 Å². The maximum atomic E-state index is 13.4. The quantitative estimate of drug-likeness (QED) is 0.880. The smallest absolute Gasteiger partial charge is 0.336 e. The third-order valence-corrected chi connectivity index (χ3v) is 3.26. The van der Waals surface area contributed by atoms with Crippen LogP contribution in [0.5, 0.6) is 0 Å². The van der Waals surface area contributed by atoms with E-state index in [9.17, 15) is 14.3 Å². The lowest BCUT2D eigenvalue weighted by atomic mass is 9.96. The minimum Gasteiger partial charge on any atom is -0.478 e. The van der Waals surface area contributed by atoms with Gasteiger partial charge in [0.25, 0.3) is 0 Å². The molecule has 2 aromatic rings. The van der Waals surface area contributed by atoms with Gasteiger partial charge in [0, 0.05) is 5.56 Å². The van der Waals surface area contributed by atoms with Crippen LogP contribution in [0, 0.1) is 19.7 Å². The molecule has 2 nitrogen and oxygen atoms in total. The first-order chi connectivity index (χ1) is 8.90. The molecule has 1 N–H and O–H groups in total. The second-order valence-electron chi connectivity index (χ2n) is 4.44. The van der Waals surface area contributed by atoms with Gasteiger partial charge in [0.2, 0.25) is 0 Å². The Bertz CT molecular complexity index is 665. The predicted octanol–water partition coefficient (Wildman–Crippen LogP) is 4.46. The predicted molar refractivity (Wildman–Crippen MR) is 73.3 cm³/mol. The van der Waals surface area contributed by atoms with Crippen LogP contribution in [-0.4, -0.2) is 11.1 Å². The fourth-order valence-electron chi connectivity index (χ4n) is 1.93. The van der Waals surface area contributed by atoms with Crippen LogP contribution in [0.3, 0.4) is 0 Å². The third-order valence-electron chi connectivity index (χ3n) is 2.94. The monoisotopic (exact) mass is 278 g/mol. The zero-order valence-electron chi connectivity index (χ0n) is 10.5. The molecule has 0 spiro atoms. The molecule has 0 aromatic heterocycles. The number of rotatable bonds is 2. The van der Waals surface area contributed by atoms with Gasteiger partial charge in [-0.3, -0.25) is 0 Å². The van der Waals surface area contributed by atoms with Crippen molar-refractivity contribution in [3.8, 4) is 11.1 Å². The van der Waals surface area contributed by atoms with Gasteiger partial charge >= 0.3 is 5.97 Å². The molecule has 2 aromatic carbocycles. The number of benzene rings is 2. The fourth-order valence-corrected chi connectivity index (χ4v) is 2.19. The first-order valence-electron chi connectivity index (χ1n) is 5.70. The normalized spacial score (nSPS) is 10.5. The Morgan fingerprint density at radius 2 is 1.84 bits per heavy atom. The SMILES string of the molecule is Cc1ccc(-c2cc(C)c(F)cc2Cl)c(C(=O)O)c1. The molecule has 0 aliphatic heterocycles. The Morgan fingerprint density at radius 3 is 2.47 bits per heavy atom. The van der Waals surface area contributed by atoms with Crippen molar-refractivity contribution in [3.63, 3.8) is 0 Å². The fraction of sp³-hybridized carbons (Fsp3) is 0.133. The Morgan fingerprint density at radius 1 is 1.16 bits per heavy atom. The van der Waals surface area contributed by atoms with Crippen molar-refractivity contribution in [2.45, 2.75) is 13.8 Å². The van der Waals surface area contributed by atoms with Crippen LogP contribution < -0.4 is 0 Å². The van der Waals surface area contributed by atoms with E-state index in [4.69, 9.17) is 11.6 Å². The van der Waals surface area contributed by atoms with E-state index >= 15 is 0 Å². The topological polar surface area (TPSA) is 37.3 Å². The molecule has 2 rings (SSSR count). The van der Waals surface area contributed by atoms with Gasteiger partial charge in [0.05, 0.1) is 10.6 Å². The summed E-state index contributed by atoms with van der Waals surface area (Å²) in [5.74, 6) is -1.44. The summed E-state index contributed by atoms with van der Waals surface area (Å²) in [5, 5.41) is 9.45. The van der Waals surface area contributed by atoms with Gasteiger partial charge in [-0.2, -0.15) is 0 Å². The number of carboxylic acids is 1. The molecule has 19 heavy (non-hydrogen) atoms. The molecule has 4 heteroatoms. The molecule has 0 radical (unpaired) electrons. The van der Waals surface area contributed by atoms with Crippen molar-refractivity contribution < 1.29 is 14.3 Å². The molecule has 0 bridgehead atoms. The Labute approximate surface area is 115 Å². The van der Waals surface area contributed by atoms with Crippen LogP contribution in [0.15, 0.2) is 30.3 Å². The van der Waals surface area contributed by atoms with Crippen LogP contribution >= 0.6 is 11.6 Å². The van der Waals surface area contributed by atoms with Crippen LogP contribution in [0.25, 0.3) is 11.1 Å². The van der Waals surface area contributed by atoms with Gasteiger partial charge in [-0.15, -0.1) is 0 Å². The Balaban J connectivity index is 2.72. The largest absolute Gasteiger partial charge is 0.478 e.